The zero-order valence-electron chi connectivity index (χ0n) is 10.4. The summed E-state index contributed by atoms with van der Waals surface area (Å²) in [4.78, 5) is 14.0. The zero-order chi connectivity index (χ0) is 12.5. The fourth-order valence-electron chi connectivity index (χ4n) is 3.38. The molecule has 3 heteroatoms. The average Bonchev–Trinajstić information content (AvgIpc) is 2.57. The predicted molar refractivity (Wildman–Crippen MR) is 67.9 cm³/mol. The molecule has 96 valence electrons. The molecule has 18 heavy (non-hydrogen) atoms. The van der Waals surface area contributed by atoms with Gasteiger partial charge in [0.1, 0.15) is 11.6 Å². The second-order valence-electron chi connectivity index (χ2n) is 5.45. The van der Waals surface area contributed by atoms with E-state index in [0.29, 0.717) is 17.9 Å². The number of piperidine rings is 1. The molecular formula is C15H18FNO. The molecule has 0 radical (unpaired) electrons. The maximum atomic E-state index is 13.1. The van der Waals surface area contributed by atoms with Gasteiger partial charge in [0.05, 0.1) is 0 Å². The molecule has 2 saturated heterocycles. The highest BCUT2D eigenvalue weighted by molar-refractivity contribution is 5.80. The van der Waals surface area contributed by atoms with Gasteiger partial charge in [0, 0.05) is 31.5 Å². The number of Topliss-reactive ketones (excluding diaryl/α,β-unsaturated/α-hetero) is 1. The van der Waals surface area contributed by atoms with Crippen molar-refractivity contribution < 1.29 is 9.18 Å². The monoisotopic (exact) mass is 247 g/mol. The summed E-state index contributed by atoms with van der Waals surface area (Å²) in [5, 5.41) is 0. The SMILES string of the molecule is O=C1CC2CCC(C1)N2CCc1cccc(F)c1. The van der Waals surface area contributed by atoms with Gasteiger partial charge in [0.25, 0.3) is 0 Å². The lowest BCUT2D eigenvalue weighted by molar-refractivity contribution is -0.123. The van der Waals surface area contributed by atoms with Crippen LogP contribution in [0.25, 0.3) is 0 Å². The smallest absolute Gasteiger partial charge is 0.136 e. The van der Waals surface area contributed by atoms with E-state index in [-0.39, 0.29) is 5.82 Å². The highest BCUT2D eigenvalue weighted by atomic mass is 19.1. The van der Waals surface area contributed by atoms with Crippen LogP contribution < -0.4 is 0 Å². The molecule has 1 aromatic carbocycles. The van der Waals surface area contributed by atoms with E-state index < -0.39 is 0 Å². The van der Waals surface area contributed by atoms with Gasteiger partial charge in [-0.2, -0.15) is 0 Å². The number of benzene rings is 1. The van der Waals surface area contributed by atoms with Crippen LogP contribution in [0, 0.1) is 5.82 Å². The molecular weight excluding hydrogens is 229 g/mol. The largest absolute Gasteiger partial charge is 0.300 e. The Balaban J connectivity index is 1.62. The van der Waals surface area contributed by atoms with Gasteiger partial charge in [0.15, 0.2) is 0 Å². The molecule has 2 atom stereocenters. The normalized spacial score (nSPS) is 27.7. The number of nitrogens with zero attached hydrogens (tertiary/aromatic N) is 1. The second-order valence-corrected chi connectivity index (χ2v) is 5.45. The van der Waals surface area contributed by atoms with Crippen LogP contribution in [-0.2, 0) is 11.2 Å². The summed E-state index contributed by atoms with van der Waals surface area (Å²) < 4.78 is 13.1. The van der Waals surface area contributed by atoms with E-state index in [9.17, 15) is 9.18 Å². The first-order valence-electron chi connectivity index (χ1n) is 6.74. The van der Waals surface area contributed by atoms with Crippen LogP contribution in [-0.4, -0.2) is 29.3 Å². The van der Waals surface area contributed by atoms with E-state index in [1.807, 2.05) is 6.07 Å². The van der Waals surface area contributed by atoms with E-state index in [1.165, 1.54) is 6.07 Å². The third kappa shape index (κ3) is 2.32. The van der Waals surface area contributed by atoms with Crippen LogP contribution >= 0.6 is 0 Å². The minimum Gasteiger partial charge on any atom is -0.300 e. The Kier molecular flexibility index (Phi) is 3.16. The van der Waals surface area contributed by atoms with E-state index in [0.717, 1.165) is 44.2 Å². The van der Waals surface area contributed by atoms with Gasteiger partial charge in [-0.1, -0.05) is 12.1 Å². The summed E-state index contributed by atoms with van der Waals surface area (Å²) in [6, 6.07) is 7.72. The number of hydrogen-bond acceptors (Lipinski definition) is 2. The maximum Gasteiger partial charge on any atom is 0.136 e. The van der Waals surface area contributed by atoms with Gasteiger partial charge in [-0.3, -0.25) is 9.69 Å². The number of halogens is 1. The Labute approximate surface area is 107 Å². The summed E-state index contributed by atoms with van der Waals surface area (Å²) >= 11 is 0. The van der Waals surface area contributed by atoms with Crippen molar-refractivity contribution in [2.75, 3.05) is 6.54 Å². The third-order valence-electron chi connectivity index (χ3n) is 4.25. The molecule has 2 bridgehead atoms. The summed E-state index contributed by atoms with van der Waals surface area (Å²) in [5.41, 5.74) is 1.05. The molecule has 2 aliphatic rings. The summed E-state index contributed by atoms with van der Waals surface area (Å²) in [7, 11) is 0. The summed E-state index contributed by atoms with van der Waals surface area (Å²) in [6.45, 7) is 0.950. The minimum atomic E-state index is -0.163. The van der Waals surface area contributed by atoms with Crippen molar-refractivity contribution in [1.82, 2.24) is 4.90 Å². The quantitative estimate of drug-likeness (QED) is 0.818. The van der Waals surface area contributed by atoms with Gasteiger partial charge in [-0.25, -0.2) is 4.39 Å². The first kappa shape index (κ1) is 11.8. The fraction of sp³-hybridized carbons (Fsp3) is 0.533. The number of ketones is 1. The number of fused-ring (bicyclic) bond motifs is 2. The molecule has 3 rings (SSSR count). The minimum absolute atomic E-state index is 0.163. The number of hydrogen-bond donors (Lipinski definition) is 0. The Morgan fingerprint density at radius 2 is 1.94 bits per heavy atom. The first-order valence-corrected chi connectivity index (χ1v) is 6.74. The molecule has 0 amide bonds. The van der Waals surface area contributed by atoms with Crippen LogP contribution in [0.3, 0.4) is 0 Å². The number of carbonyl (C=O) groups excluding carboxylic acids is 1. The lowest BCUT2D eigenvalue weighted by Crippen LogP contribution is -2.44. The van der Waals surface area contributed by atoms with Crippen LogP contribution in [0.5, 0.6) is 0 Å². The number of rotatable bonds is 3. The molecule has 2 unspecified atom stereocenters. The molecule has 0 aliphatic carbocycles. The second kappa shape index (κ2) is 4.81. The molecule has 2 heterocycles. The van der Waals surface area contributed by atoms with Crippen LogP contribution in [0.4, 0.5) is 4.39 Å². The van der Waals surface area contributed by atoms with Crippen molar-refractivity contribution in [2.24, 2.45) is 0 Å². The Morgan fingerprint density at radius 1 is 1.22 bits per heavy atom. The molecule has 0 N–H and O–H groups in total. The van der Waals surface area contributed by atoms with Crippen molar-refractivity contribution in [3.8, 4) is 0 Å². The highest BCUT2D eigenvalue weighted by Crippen LogP contribution is 2.33. The summed E-state index contributed by atoms with van der Waals surface area (Å²) in [6.07, 6.45) is 4.62. The molecule has 2 aliphatic heterocycles. The first-order chi connectivity index (χ1) is 8.72. The van der Waals surface area contributed by atoms with Gasteiger partial charge in [-0.15, -0.1) is 0 Å². The van der Waals surface area contributed by atoms with E-state index >= 15 is 0 Å². The third-order valence-corrected chi connectivity index (χ3v) is 4.25. The molecule has 2 fully saturated rings. The van der Waals surface area contributed by atoms with Crippen molar-refractivity contribution in [2.45, 2.75) is 44.2 Å². The van der Waals surface area contributed by atoms with Crippen molar-refractivity contribution in [1.29, 1.82) is 0 Å². The molecule has 0 spiro atoms. The lowest BCUT2D eigenvalue weighted by Gasteiger charge is -2.33. The van der Waals surface area contributed by atoms with Crippen LogP contribution in [0.15, 0.2) is 24.3 Å². The Morgan fingerprint density at radius 3 is 2.61 bits per heavy atom. The molecule has 0 saturated carbocycles. The van der Waals surface area contributed by atoms with Crippen molar-refractivity contribution >= 4 is 5.78 Å². The highest BCUT2D eigenvalue weighted by Gasteiger charge is 2.39. The van der Waals surface area contributed by atoms with E-state index in [4.69, 9.17) is 0 Å². The maximum absolute atomic E-state index is 13.1. The number of carbonyl (C=O) groups is 1. The van der Waals surface area contributed by atoms with Crippen LogP contribution in [0.1, 0.15) is 31.2 Å². The van der Waals surface area contributed by atoms with Crippen molar-refractivity contribution in [3.05, 3.63) is 35.6 Å². The zero-order valence-corrected chi connectivity index (χ0v) is 10.4. The van der Waals surface area contributed by atoms with E-state index in [1.54, 1.807) is 12.1 Å². The standard InChI is InChI=1S/C15H18FNO/c16-12-3-1-2-11(8-12)6-7-17-13-4-5-14(17)10-15(18)9-13/h1-3,8,13-14H,4-7,9-10H2. The summed E-state index contributed by atoms with van der Waals surface area (Å²) in [5.74, 6) is 0.258. The van der Waals surface area contributed by atoms with Gasteiger partial charge < -0.3 is 0 Å². The topological polar surface area (TPSA) is 20.3 Å². The predicted octanol–water partition coefficient (Wildman–Crippen LogP) is 2.56. The van der Waals surface area contributed by atoms with Gasteiger partial charge in [-0.05, 0) is 37.0 Å². The van der Waals surface area contributed by atoms with E-state index in [2.05, 4.69) is 4.90 Å². The Hall–Kier alpha value is -1.22. The Bertz CT molecular complexity index is 444. The lowest BCUT2D eigenvalue weighted by atomic mass is 10.0. The molecule has 1 aromatic rings. The molecule has 0 aromatic heterocycles. The molecule has 2 nitrogen and oxygen atoms in total. The fourth-order valence-corrected chi connectivity index (χ4v) is 3.38. The van der Waals surface area contributed by atoms with Crippen LogP contribution in [0.2, 0.25) is 0 Å². The van der Waals surface area contributed by atoms with Crippen molar-refractivity contribution in [3.63, 3.8) is 0 Å². The van der Waals surface area contributed by atoms with Gasteiger partial charge in [0.2, 0.25) is 0 Å². The van der Waals surface area contributed by atoms with Gasteiger partial charge >= 0.3 is 0 Å². The average molecular weight is 247 g/mol.